The number of nitrogens with zero attached hydrogens (tertiary/aromatic N) is 2. The highest BCUT2D eigenvalue weighted by Crippen LogP contribution is 2.13. The van der Waals surface area contributed by atoms with Gasteiger partial charge < -0.3 is 10.5 Å². The molecule has 1 aromatic heterocycles. The Morgan fingerprint density at radius 3 is 3.13 bits per heavy atom. The maximum absolute atomic E-state index is 13.2. The highest BCUT2D eigenvalue weighted by atomic mass is 19.1. The Morgan fingerprint density at radius 1 is 1.60 bits per heavy atom. The molecule has 0 amide bonds. The number of halogens is 1. The molecule has 0 bridgehead atoms. The first-order valence-electron chi connectivity index (χ1n) is 4.80. The van der Waals surface area contributed by atoms with Crippen LogP contribution in [0.1, 0.15) is 12.0 Å². The number of aromatic nitrogens is 1. The normalized spacial score (nSPS) is 19.8. The van der Waals surface area contributed by atoms with Crippen molar-refractivity contribution >= 4 is 6.02 Å². The van der Waals surface area contributed by atoms with Gasteiger partial charge in [0.1, 0.15) is 12.4 Å². The fraction of sp³-hybridized carbons (Fsp3) is 0.400. The van der Waals surface area contributed by atoms with E-state index in [0.29, 0.717) is 18.6 Å². The lowest BCUT2D eigenvalue weighted by Gasteiger charge is -2.05. The van der Waals surface area contributed by atoms with Crippen LogP contribution in [0.2, 0.25) is 0 Å². The van der Waals surface area contributed by atoms with Gasteiger partial charge in [0.2, 0.25) is 0 Å². The van der Waals surface area contributed by atoms with Crippen LogP contribution in [0.4, 0.5) is 4.39 Å². The number of ether oxygens (including phenoxy) is 1. The van der Waals surface area contributed by atoms with Crippen LogP contribution < -0.4 is 5.73 Å². The predicted molar refractivity (Wildman–Crippen MR) is 53.9 cm³/mol. The molecule has 2 rings (SSSR count). The Balaban J connectivity index is 1.91. The monoisotopic (exact) mass is 209 g/mol. The molecule has 2 heterocycles. The van der Waals surface area contributed by atoms with Gasteiger partial charge in [0.15, 0.2) is 0 Å². The number of hydrogen-bond donors (Lipinski definition) is 1. The molecule has 0 fully saturated rings. The fourth-order valence-electron chi connectivity index (χ4n) is 1.51. The van der Waals surface area contributed by atoms with Gasteiger partial charge in [-0.05, 0) is 24.5 Å². The van der Waals surface area contributed by atoms with Crippen molar-refractivity contribution in [1.82, 2.24) is 4.98 Å². The summed E-state index contributed by atoms with van der Waals surface area (Å²) in [7, 11) is 0. The summed E-state index contributed by atoms with van der Waals surface area (Å²) in [6, 6.07) is 1.96. The van der Waals surface area contributed by atoms with E-state index in [0.717, 1.165) is 6.42 Å². The van der Waals surface area contributed by atoms with E-state index in [-0.39, 0.29) is 17.9 Å². The quantitative estimate of drug-likeness (QED) is 0.803. The van der Waals surface area contributed by atoms with Crippen LogP contribution in [0.15, 0.2) is 23.5 Å². The Bertz CT molecular complexity index is 381. The summed E-state index contributed by atoms with van der Waals surface area (Å²) in [6.45, 7) is 0.499. The lowest BCUT2D eigenvalue weighted by molar-refractivity contribution is 0.307. The second-order valence-corrected chi connectivity index (χ2v) is 3.44. The smallest absolute Gasteiger partial charge is 0.282 e. The minimum Gasteiger partial charge on any atom is -0.463 e. The van der Waals surface area contributed by atoms with Gasteiger partial charge in [-0.25, -0.2) is 9.38 Å². The van der Waals surface area contributed by atoms with Gasteiger partial charge in [0, 0.05) is 6.20 Å². The molecule has 4 nitrogen and oxygen atoms in total. The molecule has 15 heavy (non-hydrogen) atoms. The van der Waals surface area contributed by atoms with Crippen molar-refractivity contribution in [2.75, 3.05) is 6.61 Å². The minimum absolute atomic E-state index is 0.0533. The van der Waals surface area contributed by atoms with Gasteiger partial charge in [-0.1, -0.05) is 0 Å². The van der Waals surface area contributed by atoms with Crippen LogP contribution in [0.25, 0.3) is 0 Å². The van der Waals surface area contributed by atoms with E-state index >= 15 is 0 Å². The molecule has 0 saturated heterocycles. The van der Waals surface area contributed by atoms with E-state index in [9.17, 15) is 4.39 Å². The van der Waals surface area contributed by atoms with Crippen LogP contribution in [-0.2, 0) is 11.2 Å². The lowest BCUT2D eigenvalue weighted by atomic mass is 10.1. The number of rotatable bonds is 3. The van der Waals surface area contributed by atoms with Crippen LogP contribution in [0.5, 0.6) is 0 Å². The Labute approximate surface area is 87.0 Å². The summed E-state index contributed by atoms with van der Waals surface area (Å²) < 4.78 is 18.2. The van der Waals surface area contributed by atoms with Gasteiger partial charge in [0.05, 0.1) is 12.2 Å². The van der Waals surface area contributed by atoms with Crippen molar-refractivity contribution in [1.29, 1.82) is 0 Å². The van der Waals surface area contributed by atoms with Gasteiger partial charge in [-0.2, -0.15) is 0 Å². The first kappa shape index (κ1) is 9.89. The van der Waals surface area contributed by atoms with E-state index in [2.05, 4.69) is 9.98 Å². The third kappa shape index (κ3) is 2.43. The summed E-state index contributed by atoms with van der Waals surface area (Å²) >= 11 is 0. The SMILES string of the molecule is NC1=N[C@@H](CCc2ccncc2F)CO1. The van der Waals surface area contributed by atoms with E-state index < -0.39 is 0 Å². The maximum Gasteiger partial charge on any atom is 0.282 e. The molecular weight excluding hydrogens is 197 g/mol. The second-order valence-electron chi connectivity index (χ2n) is 3.44. The standard InChI is InChI=1S/C10H12FN3O/c11-9-5-13-4-3-7(9)1-2-8-6-15-10(12)14-8/h3-5,8H,1-2,6H2,(H2,12,14)/t8-/m0/s1. The topological polar surface area (TPSA) is 60.5 Å². The van der Waals surface area contributed by atoms with Crippen molar-refractivity contribution in [2.24, 2.45) is 10.7 Å². The predicted octanol–water partition coefficient (Wildman–Crippen LogP) is 0.867. The van der Waals surface area contributed by atoms with Crippen LogP contribution in [0.3, 0.4) is 0 Å². The maximum atomic E-state index is 13.2. The molecular formula is C10H12FN3O. The molecule has 0 radical (unpaired) electrons. The molecule has 0 aliphatic carbocycles. The van der Waals surface area contributed by atoms with Crippen molar-refractivity contribution in [3.05, 3.63) is 29.8 Å². The number of aryl methyl sites for hydroxylation is 1. The average molecular weight is 209 g/mol. The molecule has 1 aromatic rings. The largest absolute Gasteiger partial charge is 0.463 e. The Kier molecular flexibility index (Phi) is 2.80. The van der Waals surface area contributed by atoms with E-state index in [1.165, 1.54) is 6.20 Å². The number of aliphatic imine (C=N–C) groups is 1. The molecule has 1 aliphatic heterocycles. The highest BCUT2D eigenvalue weighted by Gasteiger charge is 2.16. The lowest BCUT2D eigenvalue weighted by Crippen LogP contribution is -2.10. The number of amidine groups is 1. The molecule has 5 heteroatoms. The third-order valence-electron chi connectivity index (χ3n) is 2.34. The summed E-state index contributed by atoms with van der Waals surface area (Å²) in [5, 5.41) is 0. The zero-order valence-electron chi connectivity index (χ0n) is 8.19. The molecule has 1 atom stereocenters. The minimum atomic E-state index is -0.270. The molecule has 0 aromatic carbocycles. The second kappa shape index (κ2) is 4.25. The highest BCUT2D eigenvalue weighted by molar-refractivity contribution is 5.72. The van der Waals surface area contributed by atoms with E-state index in [1.807, 2.05) is 0 Å². The third-order valence-corrected chi connectivity index (χ3v) is 2.34. The van der Waals surface area contributed by atoms with Gasteiger partial charge in [-0.15, -0.1) is 0 Å². The molecule has 80 valence electrons. The Hall–Kier alpha value is -1.65. The molecule has 0 unspecified atom stereocenters. The van der Waals surface area contributed by atoms with Gasteiger partial charge in [0.25, 0.3) is 6.02 Å². The zero-order valence-corrected chi connectivity index (χ0v) is 8.19. The van der Waals surface area contributed by atoms with Crippen molar-refractivity contribution in [3.63, 3.8) is 0 Å². The summed E-state index contributed by atoms with van der Waals surface area (Å²) in [5.74, 6) is -0.270. The zero-order chi connectivity index (χ0) is 10.7. The average Bonchev–Trinajstić information content (AvgIpc) is 2.63. The van der Waals surface area contributed by atoms with Crippen molar-refractivity contribution in [3.8, 4) is 0 Å². The van der Waals surface area contributed by atoms with E-state index in [4.69, 9.17) is 10.5 Å². The van der Waals surface area contributed by atoms with Crippen molar-refractivity contribution in [2.45, 2.75) is 18.9 Å². The number of hydrogen-bond acceptors (Lipinski definition) is 4. The first-order chi connectivity index (χ1) is 7.25. The summed E-state index contributed by atoms with van der Waals surface area (Å²) in [5.41, 5.74) is 6.03. The molecule has 0 spiro atoms. The first-order valence-corrected chi connectivity index (χ1v) is 4.80. The van der Waals surface area contributed by atoms with Gasteiger partial charge >= 0.3 is 0 Å². The summed E-state index contributed by atoms with van der Waals surface area (Å²) in [4.78, 5) is 7.76. The van der Waals surface area contributed by atoms with Crippen molar-refractivity contribution < 1.29 is 9.13 Å². The Morgan fingerprint density at radius 2 is 2.47 bits per heavy atom. The fourth-order valence-corrected chi connectivity index (χ4v) is 1.51. The number of pyridine rings is 1. The van der Waals surface area contributed by atoms with Crippen LogP contribution >= 0.6 is 0 Å². The van der Waals surface area contributed by atoms with Crippen LogP contribution in [0, 0.1) is 5.82 Å². The molecule has 1 aliphatic rings. The van der Waals surface area contributed by atoms with Crippen LogP contribution in [-0.4, -0.2) is 23.7 Å². The molecule has 2 N–H and O–H groups in total. The molecule has 0 saturated carbocycles. The van der Waals surface area contributed by atoms with E-state index in [1.54, 1.807) is 12.3 Å². The number of nitrogens with two attached hydrogens (primary N) is 1. The van der Waals surface area contributed by atoms with Gasteiger partial charge in [-0.3, -0.25) is 4.98 Å². The summed E-state index contributed by atoms with van der Waals surface area (Å²) in [6.07, 6.45) is 4.17.